The second kappa shape index (κ2) is 8.87. The minimum absolute atomic E-state index is 0.0517. The first kappa shape index (κ1) is 17.7. The summed E-state index contributed by atoms with van der Waals surface area (Å²) in [5.74, 6) is -0.158. The maximum atomic E-state index is 12.1. The zero-order valence-electron chi connectivity index (χ0n) is 14.2. The Labute approximate surface area is 143 Å². The number of carbonyl (C=O) groups excluding carboxylic acids is 2. The van der Waals surface area contributed by atoms with Crippen molar-refractivity contribution in [3.8, 4) is 0 Å². The molecule has 1 unspecified atom stereocenters. The highest BCUT2D eigenvalue weighted by Crippen LogP contribution is 2.13. The summed E-state index contributed by atoms with van der Waals surface area (Å²) in [6, 6.07) is 17.2. The van der Waals surface area contributed by atoms with E-state index in [4.69, 9.17) is 0 Å². The van der Waals surface area contributed by atoms with Crippen LogP contribution in [0, 0.1) is 6.92 Å². The van der Waals surface area contributed by atoms with Crippen molar-refractivity contribution in [1.82, 2.24) is 5.32 Å². The van der Waals surface area contributed by atoms with Gasteiger partial charge in [-0.1, -0.05) is 48.5 Å². The Morgan fingerprint density at radius 1 is 1.00 bits per heavy atom. The average Bonchev–Trinajstić information content (AvgIpc) is 2.58. The molecular formula is C20H24N2O2. The number of hydrogen-bond donors (Lipinski definition) is 2. The Balaban J connectivity index is 1.85. The number of rotatable bonds is 8. The summed E-state index contributed by atoms with van der Waals surface area (Å²) in [4.78, 5) is 23.9. The lowest BCUT2D eigenvalue weighted by Gasteiger charge is -2.18. The number of ketones is 1. The number of carbonyl (C=O) groups is 2. The molecule has 0 bridgehead atoms. The molecule has 0 aliphatic heterocycles. The number of hydrogen-bond acceptors (Lipinski definition) is 3. The van der Waals surface area contributed by atoms with Crippen molar-refractivity contribution in [2.45, 2.75) is 32.7 Å². The van der Waals surface area contributed by atoms with E-state index in [0.29, 0.717) is 19.4 Å². The molecule has 4 heteroatoms. The van der Waals surface area contributed by atoms with E-state index in [1.807, 2.05) is 61.5 Å². The van der Waals surface area contributed by atoms with Crippen molar-refractivity contribution in [3.05, 3.63) is 65.7 Å². The van der Waals surface area contributed by atoms with Crippen LogP contribution in [0.15, 0.2) is 54.6 Å². The maximum absolute atomic E-state index is 12.1. The second-order valence-corrected chi connectivity index (χ2v) is 5.91. The van der Waals surface area contributed by atoms with Gasteiger partial charge >= 0.3 is 0 Å². The first-order valence-corrected chi connectivity index (χ1v) is 8.19. The molecule has 1 amide bonds. The van der Waals surface area contributed by atoms with Crippen LogP contribution in [-0.4, -0.2) is 24.3 Å². The fourth-order valence-electron chi connectivity index (χ4n) is 2.45. The van der Waals surface area contributed by atoms with Crippen LogP contribution < -0.4 is 10.6 Å². The molecule has 0 aromatic heterocycles. The molecule has 1 atom stereocenters. The van der Waals surface area contributed by atoms with E-state index in [9.17, 15) is 9.59 Å². The molecule has 0 saturated carbocycles. The van der Waals surface area contributed by atoms with Crippen molar-refractivity contribution < 1.29 is 9.59 Å². The fraction of sp³-hybridized carbons (Fsp3) is 0.300. The Morgan fingerprint density at radius 2 is 1.67 bits per heavy atom. The number of para-hydroxylation sites is 1. The van der Waals surface area contributed by atoms with Crippen molar-refractivity contribution in [2.24, 2.45) is 0 Å². The summed E-state index contributed by atoms with van der Waals surface area (Å²) in [7, 11) is 0. The van der Waals surface area contributed by atoms with E-state index >= 15 is 0 Å². The Morgan fingerprint density at radius 3 is 2.33 bits per heavy atom. The van der Waals surface area contributed by atoms with Gasteiger partial charge in [-0.15, -0.1) is 0 Å². The number of Topliss-reactive ketones (excluding diaryl/α,β-unsaturated/α-hetero) is 1. The molecule has 2 rings (SSSR count). The molecule has 2 aromatic carbocycles. The zero-order chi connectivity index (χ0) is 17.4. The van der Waals surface area contributed by atoms with Crippen LogP contribution in [0.25, 0.3) is 0 Å². The van der Waals surface area contributed by atoms with E-state index in [-0.39, 0.29) is 11.7 Å². The zero-order valence-corrected chi connectivity index (χ0v) is 14.2. The summed E-state index contributed by atoms with van der Waals surface area (Å²) in [5, 5.41) is 6.06. The molecule has 0 fully saturated rings. The maximum Gasteiger partial charge on any atom is 0.220 e. The van der Waals surface area contributed by atoms with Gasteiger partial charge in [0.25, 0.3) is 0 Å². The molecule has 126 valence electrons. The molecule has 0 spiro atoms. The number of amides is 1. The van der Waals surface area contributed by atoms with Crippen molar-refractivity contribution in [1.29, 1.82) is 0 Å². The lowest BCUT2D eigenvalue weighted by molar-refractivity contribution is -0.126. The van der Waals surface area contributed by atoms with E-state index in [1.165, 1.54) is 6.92 Å². The van der Waals surface area contributed by atoms with Gasteiger partial charge in [0.15, 0.2) is 5.78 Å². The lowest BCUT2D eigenvalue weighted by atomic mass is 10.1. The number of benzene rings is 2. The van der Waals surface area contributed by atoms with Gasteiger partial charge in [0, 0.05) is 18.7 Å². The highest BCUT2D eigenvalue weighted by atomic mass is 16.2. The van der Waals surface area contributed by atoms with E-state index in [0.717, 1.165) is 16.8 Å². The van der Waals surface area contributed by atoms with Crippen LogP contribution in [-0.2, 0) is 16.0 Å². The van der Waals surface area contributed by atoms with Crippen LogP contribution in [0.2, 0.25) is 0 Å². The van der Waals surface area contributed by atoms with Gasteiger partial charge < -0.3 is 10.6 Å². The van der Waals surface area contributed by atoms with Gasteiger partial charge in [-0.2, -0.15) is 0 Å². The third-order valence-electron chi connectivity index (χ3n) is 3.95. The summed E-state index contributed by atoms with van der Waals surface area (Å²) in [6.45, 7) is 3.89. The molecule has 2 aromatic rings. The van der Waals surface area contributed by atoms with Gasteiger partial charge in [0.05, 0.1) is 0 Å². The number of nitrogens with one attached hydrogen (secondary N) is 2. The minimum Gasteiger partial charge on any atom is -0.382 e. The molecule has 4 nitrogen and oxygen atoms in total. The van der Waals surface area contributed by atoms with E-state index in [1.54, 1.807) is 0 Å². The largest absolute Gasteiger partial charge is 0.382 e. The van der Waals surface area contributed by atoms with Gasteiger partial charge in [-0.25, -0.2) is 0 Å². The Bertz CT molecular complexity index is 683. The molecule has 0 aliphatic carbocycles. The van der Waals surface area contributed by atoms with Crippen LogP contribution >= 0.6 is 0 Å². The van der Waals surface area contributed by atoms with E-state index < -0.39 is 6.04 Å². The predicted octanol–water partition coefficient (Wildman–Crippen LogP) is 3.11. The van der Waals surface area contributed by atoms with Crippen molar-refractivity contribution in [2.75, 3.05) is 11.9 Å². The normalized spacial score (nSPS) is 11.6. The molecular weight excluding hydrogens is 300 g/mol. The molecule has 0 saturated heterocycles. The Kier molecular flexibility index (Phi) is 6.55. The average molecular weight is 324 g/mol. The smallest absolute Gasteiger partial charge is 0.220 e. The minimum atomic E-state index is -0.520. The summed E-state index contributed by atoms with van der Waals surface area (Å²) < 4.78 is 0. The first-order valence-electron chi connectivity index (χ1n) is 8.19. The quantitative estimate of drug-likeness (QED) is 0.784. The van der Waals surface area contributed by atoms with Gasteiger partial charge in [0.2, 0.25) is 5.91 Å². The second-order valence-electron chi connectivity index (χ2n) is 5.91. The fourth-order valence-corrected chi connectivity index (χ4v) is 2.45. The SMILES string of the molecule is CC(=O)C(CNc1ccccc1C)NC(=O)CCc1ccccc1. The predicted molar refractivity (Wildman–Crippen MR) is 97.0 cm³/mol. The van der Waals surface area contributed by atoms with Crippen LogP contribution in [0.3, 0.4) is 0 Å². The number of anilines is 1. The van der Waals surface area contributed by atoms with Crippen LogP contribution in [0.1, 0.15) is 24.5 Å². The standard InChI is InChI=1S/C20H24N2O2/c1-15-8-6-7-11-18(15)21-14-19(16(2)23)22-20(24)13-12-17-9-4-3-5-10-17/h3-11,19,21H,12-14H2,1-2H3,(H,22,24). The number of aryl methyl sites for hydroxylation is 2. The molecule has 0 aliphatic rings. The highest BCUT2D eigenvalue weighted by Gasteiger charge is 2.17. The summed E-state index contributed by atoms with van der Waals surface area (Å²) >= 11 is 0. The summed E-state index contributed by atoms with van der Waals surface area (Å²) in [6.07, 6.45) is 1.04. The third kappa shape index (κ3) is 5.54. The third-order valence-corrected chi connectivity index (χ3v) is 3.95. The van der Waals surface area contributed by atoms with Crippen LogP contribution in [0.4, 0.5) is 5.69 Å². The topological polar surface area (TPSA) is 58.2 Å². The molecule has 0 heterocycles. The van der Waals surface area contributed by atoms with Crippen molar-refractivity contribution >= 4 is 17.4 Å². The monoisotopic (exact) mass is 324 g/mol. The highest BCUT2D eigenvalue weighted by molar-refractivity contribution is 5.88. The first-order chi connectivity index (χ1) is 11.6. The van der Waals surface area contributed by atoms with Gasteiger partial charge in [0.1, 0.15) is 6.04 Å². The molecule has 2 N–H and O–H groups in total. The summed E-state index contributed by atoms with van der Waals surface area (Å²) in [5.41, 5.74) is 3.20. The lowest BCUT2D eigenvalue weighted by Crippen LogP contribution is -2.44. The van der Waals surface area contributed by atoms with Crippen molar-refractivity contribution in [3.63, 3.8) is 0 Å². The molecule has 0 radical (unpaired) electrons. The van der Waals surface area contributed by atoms with E-state index in [2.05, 4.69) is 10.6 Å². The molecule has 24 heavy (non-hydrogen) atoms. The van der Waals surface area contributed by atoms with Gasteiger partial charge in [-0.05, 0) is 37.5 Å². The Hall–Kier alpha value is -2.62. The van der Waals surface area contributed by atoms with Gasteiger partial charge in [-0.3, -0.25) is 9.59 Å². The van der Waals surface area contributed by atoms with Crippen LogP contribution in [0.5, 0.6) is 0 Å².